The third-order valence-corrected chi connectivity index (χ3v) is 11.3. The monoisotopic (exact) mass is 612 g/mol. The maximum absolute atomic E-state index is 13.4. The normalized spacial score (nSPS) is 13.4. The van der Waals surface area contributed by atoms with E-state index in [1.54, 1.807) is 28.4 Å². The lowest BCUT2D eigenvalue weighted by atomic mass is 10.0. The first-order valence-corrected chi connectivity index (χ1v) is 16.6. The summed E-state index contributed by atoms with van der Waals surface area (Å²) < 4.78 is 33.7. The Labute approximate surface area is 247 Å². The summed E-state index contributed by atoms with van der Waals surface area (Å²) in [6.07, 6.45) is 1.91. The molecule has 1 N–H and O–H groups in total. The quantitative estimate of drug-likeness (QED) is 0.241. The van der Waals surface area contributed by atoms with Gasteiger partial charge in [-0.25, -0.2) is 18.2 Å². The molecule has 2 aromatic carbocycles. The number of hydrogen-bond donors (Lipinski definition) is 1. The van der Waals surface area contributed by atoms with E-state index in [1.807, 2.05) is 38.1 Å². The maximum atomic E-state index is 13.4. The van der Waals surface area contributed by atoms with Crippen molar-refractivity contribution >= 4 is 59.9 Å². The largest absolute Gasteiger partial charge is 0.453 e. The molecule has 2 amide bonds. The lowest BCUT2D eigenvalue weighted by Crippen LogP contribution is -2.35. The van der Waals surface area contributed by atoms with Crippen molar-refractivity contribution in [2.45, 2.75) is 44.6 Å². The second-order valence-corrected chi connectivity index (χ2v) is 13.7. The highest BCUT2D eigenvalue weighted by atomic mass is 32.2. The van der Waals surface area contributed by atoms with E-state index in [9.17, 15) is 18.0 Å². The highest BCUT2D eigenvalue weighted by Gasteiger charge is 2.30. The summed E-state index contributed by atoms with van der Waals surface area (Å²) in [7, 11) is -2.28. The molecule has 41 heavy (non-hydrogen) atoms. The fourth-order valence-corrected chi connectivity index (χ4v) is 8.72. The number of hydrogen-bond acceptors (Lipinski definition) is 8. The molecule has 4 aromatic rings. The first-order valence-electron chi connectivity index (χ1n) is 13.5. The third-order valence-electron chi connectivity index (χ3n) is 7.09. The third kappa shape index (κ3) is 5.87. The Morgan fingerprint density at radius 2 is 1.85 bits per heavy atom. The Morgan fingerprint density at radius 3 is 2.54 bits per heavy atom. The Morgan fingerprint density at radius 1 is 1.10 bits per heavy atom. The van der Waals surface area contributed by atoms with E-state index in [-0.39, 0.29) is 16.9 Å². The van der Waals surface area contributed by atoms with E-state index in [1.165, 1.54) is 34.9 Å². The van der Waals surface area contributed by atoms with Crippen LogP contribution < -0.4 is 5.32 Å². The molecule has 3 heterocycles. The number of methoxy groups -OCH3 is 1. The highest BCUT2D eigenvalue weighted by Crippen LogP contribution is 2.46. The standard InChI is InChI=1S/C29H32N4O5S3/c1-4-6-16-33(5-2)41(36,37)20-13-11-19(12-14-20)26(34)31-28-25(27-30-22-9-7-8-10-23(22)39-27)21-15-17-32(29(35)38-3)18-24(21)40-28/h7-14H,4-6,15-18H2,1-3H3,(H,31,34). The van der Waals surface area contributed by atoms with E-state index < -0.39 is 10.0 Å². The van der Waals surface area contributed by atoms with Gasteiger partial charge in [0.2, 0.25) is 10.0 Å². The molecule has 0 atom stereocenters. The molecule has 12 heteroatoms. The molecule has 0 unspecified atom stereocenters. The van der Waals surface area contributed by atoms with Crippen molar-refractivity contribution in [3.05, 3.63) is 64.5 Å². The minimum absolute atomic E-state index is 0.164. The molecule has 1 aliphatic heterocycles. The van der Waals surface area contributed by atoms with Crippen molar-refractivity contribution in [2.75, 3.05) is 32.1 Å². The molecule has 0 bridgehead atoms. The lowest BCUT2D eigenvalue weighted by molar-refractivity contribution is 0.102. The smallest absolute Gasteiger partial charge is 0.409 e. The van der Waals surface area contributed by atoms with E-state index in [0.717, 1.165) is 44.1 Å². The van der Waals surface area contributed by atoms with Gasteiger partial charge in [0.15, 0.2) is 0 Å². The Balaban J connectivity index is 1.45. The van der Waals surface area contributed by atoms with Crippen LogP contribution in [0, 0.1) is 0 Å². The summed E-state index contributed by atoms with van der Waals surface area (Å²) in [4.78, 5) is 33.3. The minimum Gasteiger partial charge on any atom is -0.453 e. The van der Waals surface area contributed by atoms with Crippen LogP contribution in [0.15, 0.2) is 53.4 Å². The molecular weight excluding hydrogens is 581 g/mol. The predicted molar refractivity (Wildman–Crippen MR) is 163 cm³/mol. The highest BCUT2D eigenvalue weighted by molar-refractivity contribution is 7.89. The van der Waals surface area contributed by atoms with Gasteiger partial charge in [-0.15, -0.1) is 22.7 Å². The van der Waals surface area contributed by atoms with Crippen LogP contribution in [0.4, 0.5) is 9.80 Å². The molecule has 216 valence electrons. The summed E-state index contributed by atoms with van der Waals surface area (Å²) in [5, 5.41) is 4.51. The van der Waals surface area contributed by atoms with E-state index in [0.29, 0.717) is 43.2 Å². The zero-order chi connectivity index (χ0) is 29.1. The second kappa shape index (κ2) is 12.3. The molecule has 0 spiro atoms. The zero-order valence-electron chi connectivity index (χ0n) is 23.2. The van der Waals surface area contributed by atoms with Gasteiger partial charge in [0, 0.05) is 35.6 Å². The van der Waals surface area contributed by atoms with Crippen LogP contribution in [-0.2, 0) is 27.7 Å². The van der Waals surface area contributed by atoms with Gasteiger partial charge in [-0.2, -0.15) is 4.31 Å². The van der Waals surface area contributed by atoms with Gasteiger partial charge in [0.1, 0.15) is 10.0 Å². The van der Waals surface area contributed by atoms with Crippen molar-refractivity contribution in [3.8, 4) is 10.6 Å². The molecule has 5 rings (SSSR count). The Hall–Kier alpha value is -3.32. The number of amides is 2. The van der Waals surface area contributed by atoms with Crippen molar-refractivity contribution in [1.82, 2.24) is 14.2 Å². The van der Waals surface area contributed by atoms with Crippen molar-refractivity contribution in [1.29, 1.82) is 0 Å². The van der Waals surface area contributed by atoms with Gasteiger partial charge in [-0.3, -0.25) is 4.79 Å². The Kier molecular flexibility index (Phi) is 8.74. The average molecular weight is 613 g/mol. The number of para-hydroxylation sites is 1. The molecule has 0 aliphatic carbocycles. The molecular formula is C29H32N4O5S3. The number of carbonyl (C=O) groups is 2. The number of nitrogens with one attached hydrogen (secondary N) is 1. The number of thiazole rings is 1. The van der Waals surface area contributed by atoms with Crippen LogP contribution in [0.1, 0.15) is 47.5 Å². The fourth-order valence-electron chi connectivity index (χ4n) is 4.87. The zero-order valence-corrected chi connectivity index (χ0v) is 25.6. The second-order valence-electron chi connectivity index (χ2n) is 9.67. The molecule has 0 saturated heterocycles. The lowest BCUT2D eigenvalue weighted by Gasteiger charge is -2.25. The minimum atomic E-state index is -3.64. The van der Waals surface area contributed by atoms with Crippen LogP contribution >= 0.6 is 22.7 Å². The number of thiophene rings is 1. The number of fused-ring (bicyclic) bond motifs is 2. The molecule has 2 aromatic heterocycles. The van der Waals surface area contributed by atoms with Gasteiger partial charge < -0.3 is 15.0 Å². The summed E-state index contributed by atoms with van der Waals surface area (Å²) in [6.45, 7) is 5.58. The SMILES string of the molecule is CCCCN(CC)S(=O)(=O)c1ccc(C(=O)Nc2sc3c(c2-c2nc4ccccc4s2)CCN(C(=O)OC)C3)cc1. The number of nitrogens with zero attached hydrogens (tertiary/aromatic N) is 3. The van der Waals surface area contributed by atoms with Crippen molar-refractivity contribution < 1.29 is 22.7 Å². The van der Waals surface area contributed by atoms with E-state index >= 15 is 0 Å². The number of ether oxygens (including phenoxy) is 1. The van der Waals surface area contributed by atoms with Crippen LogP contribution in [0.25, 0.3) is 20.8 Å². The number of rotatable bonds is 9. The van der Waals surface area contributed by atoms with Crippen LogP contribution in [0.2, 0.25) is 0 Å². The average Bonchev–Trinajstić information content (AvgIpc) is 3.57. The summed E-state index contributed by atoms with van der Waals surface area (Å²) >= 11 is 2.99. The topological polar surface area (TPSA) is 109 Å². The number of unbranched alkanes of at least 4 members (excludes halogenated alkanes) is 1. The first kappa shape index (κ1) is 29.2. The number of anilines is 1. The van der Waals surface area contributed by atoms with Gasteiger partial charge in [0.05, 0.1) is 28.8 Å². The molecule has 0 saturated carbocycles. The molecule has 0 radical (unpaired) electrons. The van der Waals surface area contributed by atoms with Crippen LogP contribution in [0.5, 0.6) is 0 Å². The van der Waals surface area contributed by atoms with Crippen molar-refractivity contribution in [3.63, 3.8) is 0 Å². The predicted octanol–water partition coefficient (Wildman–Crippen LogP) is 6.21. The summed E-state index contributed by atoms with van der Waals surface area (Å²) in [5.41, 5.74) is 3.17. The van der Waals surface area contributed by atoms with Gasteiger partial charge in [-0.1, -0.05) is 32.4 Å². The molecule has 9 nitrogen and oxygen atoms in total. The Bertz CT molecular complexity index is 1650. The number of aromatic nitrogens is 1. The number of benzene rings is 2. The van der Waals surface area contributed by atoms with Gasteiger partial charge in [0.25, 0.3) is 5.91 Å². The van der Waals surface area contributed by atoms with Gasteiger partial charge >= 0.3 is 6.09 Å². The first-order chi connectivity index (χ1) is 19.8. The summed E-state index contributed by atoms with van der Waals surface area (Å²) in [6, 6.07) is 13.9. The van der Waals surface area contributed by atoms with Gasteiger partial charge in [-0.05, 0) is 54.8 Å². The van der Waals surface area contributed by atoms with E-state index in [4.69, 9.17) is 9.72 Å². The molecule has 0 fully saturated rings. The van der Waals surface area contributed by atoms with E-state index in [2.05, 4.69) is 5.32 Å². The van der Waals surface area contributed by atoms with Crippen molar-refractivity contribution in [2.24, 2.45) is 0 Å². The fraction of sp³-hybridized carbons (Fsp3) is 0.345. The summed E-state index contributed by atoms with van der Waals surface area (Å²) in [5.74, 6) is -0.349. The van der Waals surface area contributed by atoms with Crippen LogP contribution in [-0.4, -0.2) is 61.4 Å². The number of sulfonamides is 1. The van der Waals surface area contributed by atoms with Crippen LogP contribution in [0.3, 0.4) is 0 Å². The number of carbonyl (C=O) groups excluding carboxylic acids is 2. The molecule has 1 aliphatic rings. The maximum Gasteiger partial charge on any atom is 0.409 e.